The lowest BCUT2D eigenvalue weighted by molar-refractivity contribution is 0.0814. The molecule has 0 atom stereocenters. The molecule has 1 saturated heterocycles. The molecule has 6 heteroatoms. The maximum atomic E-state index is 5.84. The molecule has 2 N–H and O–H groups in total. The van der Waals surface area contributed by atoms with Crippen molar-refractivity contribution in [2.24, 2.45) is 5.73 Å². The van der Waals surface area contributed by atoms with Gasteiger partial charge in [0, 0.05) is 38.8 Å². The Morgan fingerprint density at radius 2 is 2.00 bits per heavy atom. The van der Waals surface area contributed by atoms with Gasteiger partial charge in [-0.25, -0.2) is 4.98 Å². The fraction of sp³-hybridized carbons (Fsp3) is 0.600. The third-order valence-electron chi connectivity index (χ3n) is 4.14. The average Bonchev–Trinajstić information content (AvgIpc) is 2.48. The van der Waals surface area contributed by atoms with Gasteiger partial charge in [0.2, 0.25) is 5.88 Å². The highest BCUT2D eigenvalue weighted by Crippen LogP contribution is 2.18. The van der Waals surface area contributed by atoms with Crippen LogP contribution in [0.25, 0.3) is 0 Å². The van der Waals surface area contributed by atoms with Crippen molar-refractivity contribution in [3.05, 3.63) is 23.9 Å². The van der Waals surface area contributed by atoms with Crippen molar-refractivity contribution in [3.8, 4) is 5.88 Å². The van der Waals surface area contributed by atoms with E-state index >= 15 is 0 Å². The quantitative estimate of drug-likeness (QED) is 0.827. The number of hydrogen-bond donors (Lipinski definition) is 1. The van der Waals surface area contributed by atoms with Crippen LogP contribution in [0.15, 0.2) is 18.2 Å². The van der Waals surface area contributed by atoms with Crippen LogP contribution in [0.5, 0.6) is 5.88 Å². The number of ether oxygens (including phenoxy) is 1. The van der Waals surface area contributed by atoms with E-state index in [0.29, 0.717) is 10.9 Å². The summed E-state index contributed by atoms with van der Waals surface area (Å²) in [5.41, 5.74) is 6.67. The van der Waals surface area contributed by atoms with E-state index in [1.165, 1.54) is 0 Å². The van der Waals surface area contributed by atoms with Crippen molar-refractivity contribution in [1.82, 2.24) is 14.8 Å². The normalized spacial score (nSPS) is 17.7. The van der Waals surface area contributed by atoms with E-state index in [-0.39, 0.29) is 5.54 Å². The van der Waals surface area contributed by atoms with Crippen molar-refractivity contribution < 1.29 is 4.74 Å². The number of thiocarbonyl (C=S) groups is 1. The lowest BCUT2D eigenvalue weighted by atomic mass is 10.0. The molecule has 0 spiro atoms. The first-order chi connectivity index (χ1) is 9.93. The first-order valence-electron chi connectivity index (χ1n) is 7.20. The molecule has 1 aliphatic rings. The van der Waals surface area contributed by atoms with Gasteiger partial charge in [-0.2, -0.15) is 0 Å². The number of nitrogens with zero attached hydrogens (tertiary/aromatic N) is 3. The molecule has 0 radical (unpaired) electrons. The average molecular weight is 308 g/mol. The molecule has 0 amide bonds. The number of nitrogens with two attached hydrogens (primary N) is 1. The van der Waals surface area contributed by atoms with Crippen LogP contribution in [0.4, 0.5) is 0 Å². The fourth-order valence-electron chi connectivity index (χ4n) is 2.51. The van der Waals surface area contributed by atoms with E-state index in [1.54, 1.807) is 7.11 Å². The van der Waals surface area contributed by atoms with Crippen molar-refractivity contribution in [2.45, 2.75) is 25.9 Å². The van der Waals surface area contributed by atoms with Crippen molar-refractivity contribution >= 4 is 17.2 Å². The summed E-state index contributed by atoms with van der Waals surface area (Å²) in [5, 5.41) is 0. The van der Waals surface area contributed by atoms with Crippen LogP contribution in [-0.4, -0.2) is 58.6 Å². The Bertz CT molecular complexity index is 498. The Labute approximate surface area is 132 Å². The summed E-state index contributed by atoms with van der Waals surface area (Å²) >= 11 is 5.17. The van der Waals surface area contributed by atoms with Gasteiger partial charge in [-0.05, 0) is 19.9 Å². The SMILES string of the molecule is COc1cccc(CN2CCN(C(C)(C)C(N)=S)CC2)n1. The molecular formula is C15H24N4OS. The topological polar surface area (TPSA) is 54.6 Å². The molecule has 1 aliphatic heterocycles. The number of aromatic nitrogens is 1. The molecule has 2 rings (SSSR count). The Kier molecular flexibility index (Phi) is 5.13. The van der Waals surface area contributed by atoms with Crippen LogP contribution in [0, 0.1) is 0 Å². The molecule has 0 aliphatic carbocycles. The van der Waals surface area contributed by atoms with E-state index in [2.05, 4.69) is 28.6 Å². The van der Waals surface area contributed by atoms with E-state index in [4.69, 9.17) is 22.7 Å². The minimum atomic E-state index is -0.213. The smallest absolute Gasteiger partial charge is 0.213 e. The first-order valence-corrected chi connectivity index (χ1v) is 7.61. The summed E-state index contributed by atoms with van der Waals surface area (Å²) in [6.45, 7) is 8.94. The van der Waals surface area contributed by atoms with Gasteiger partial charge >= 0.3 is 0 Å². The molecule has 21 heavy (non-hydrogen) atoms. The van der Waals surface area contributed by atoms with Gasteiger partial charge in [-0.1, -0.05) is 18.3 Å². The summed E-state index contributed by atoms with van der Waals surface area (Å²) < 4.78 is 5.17. The van der Waals surface area contributed by atoms with E-state index in [0.717, 1.165) is 38.4 Å². The predicted octanol–water partition coefficient (Wildman–Crippen LogP) is 1.27. The second kappa shape index (κ2) is 6.68. The van der Waals surface area contributed by atoms with Crippen LogP contribution >= 0.6 is 12.2 Å². The van der Waals surface area contributed by atoms with E-state index in [9.17, 15) is 0 Å². The van der Waals surface area contributed by atoms with Gasteiger partial charge in [-0.15, -0.1) is 0 Å². The molecule has 116 valence electrons. The van der Waals surface area contributed by atoms with Crippen molar-refractivity contribution in [3.63, 3.8) is 0 Å². The first kappa shape index (κ1) is 16.1. The van der Waals surface area contributed by atoms with Gasteiger partial charge in [0.15, 0.2) is 0 Å². The van der Waals surface area contributed by atoms with Gasteiger partial charge < -0.3 is 10.5 Å². The third kappa shape index (κ3) is 3.90. The standard InChI is InChI=1S/C15H24N4OS/c1-15(2,14(16)21)19-9-7-18(8-10-19)11-12-5-4-6-13(17-12)20-3/h4-6H,7-11H2,1-3H3,(H2,16,21). The Hall–Kier alpha value is -1.24. The van der Waals surface area contributed by atoms with Gasteiger partial charge in [0.25, 0.3) is 0 Å². The Balaban J connectivity index is 1.91. The fourth-order valence-corrected chi connectivity index (χ4v) is 2.64. The zero-order chi connectivity index (χ0) is 15.5. The lowest BCUT2D eigenvalue weighted by Gasteiger charge is -2.43. The highest BCUT2D eigenvalue weighted by molar-refractivity contribution is 7.80. The molecule has 0 unspecified atom stereocenters. The number of piperazine rings is 1. The van der Waals surface area contributed by atoms with Gasteiger partial charge in [0.1, 0.15) is 0 Å². The maximum absolute atomic E-state index is 5.84. The van der Waals surface area contributed by atoms with Crippen molar-refractivity contribution in [2.75, 3.05) is 33.3 Å². The number of rotatable bonds is 5. The van der Waals surface area contributed by atoms with Crippen LogP contribution in [-0.2, 0) is 6.54 Å². The zero-order valence-corrected chi connectivity index (χ0v) is 13.8. The van der Waals surface area contributed by atoms with Crippen LogP contribution in [0.2, 0.25) is 0 Å². The third-order valence-corrected chi connectivity index (χ3v) is 4.64. The minimum absolute atomic E-state index is 0.213. The van der Waals surface area contributed by atoms with E-state index in [1.807, 2.05) is 18.2 Å². The van der Waals surface area contributed by atoms with Crippen molar-refractivity contribution in [1.29, 1.82) is 0 Å². The summed E-state index contributed by atoms with van der Waals surface area (Å²) in [7, 11) is 1.64. The summed E-state index contributed by atoms with van der Waals surface area (Å²) in [6.07, 6.45) is 0. The van der Waals surface area contributed by atoms with E-state index < -0.39 is 0 Å². The zero-order valence-electron chi connectivity index (χ0n) is 13.0. The van der Waals surface area contributed by atoms with Gasteiger partial charge in [-0.3, -0.25) is 9.80 Å². The summed E-state index contributed by atoms with van der Waals surface area (Å²) in [4.78, 5) is 9.77. The Morgan fingerprint density at radius 3 is 2.57 bits per heavy atom. The van der Waals surface area contributed by atoms with Crippen LogP contribution < -0.4 is 10.5 Å². The maximum Gasteiger partial charge on any atom is 0.213 e. The molecule has 2 heterocycles. The molecular weight excluding hydrogens is 284 g/mol. The largest absolute Gasteiger partial charge is 0.481 e. The number of hydrogen-bond acceptors (Lipinski definition) is 5. The number of methoxy groups -OCH3 is 1. The molecule has 0 bridgehead atoms. The van der Waals surface area contributed by atoms with Crippen LogP contribution in [0.1, 0.15) is 19.5 Å². The second-order valence-electron chi connectivity index (χ2n) is 5.86. The predicted molar refractivity (Wildman–Crippen MR) is 88.5 cm³/mol. The molecule has 1 aromatic rings. The van der Waals surface area contributed by atoms with Crippen LogP contribution in [0.3, 0.4) is 0 Å². The summed E-state index contributed by atoms with van der Waals surface area (Å²) in [5.74, 6) is 0.667. The van der Waals surface area contributed by atoms with Gasteiger partial charge in [0.05, 0.1) is 23.3 Å². The molecule has 1 aromatic heterocycles. The lowest BCUT2D eigenvalue weighted by Crippen LogP contribution is -2.59. The molecule has 1 fully saturated rings. The highest BCUT2D eigenvalue weighted by Gasteiger charge is 2.32. The highest BCUT2D eigenvalue weighted by atomic mass is 32.1. The second-order valence-corrected chi connectivity index (χ2v) is 6.30. The minimum Gasteiger partial charge on any atom is -0.481 e. The number of pyridine rings is 1. The summed E-state index contributed by atoms with van der Waals surface area (Å²) in [6, 6.07) is 5.88. The molecule has 0 saturated carbocycles. The molecule has 5 nitrogen and oxygen atoms in total. The molecule has 0 aromatic carbocycles. The monoisotopic (exact) mass is 308 g/mol. The Morgan fingerprint density at radius 1 is 1.33 bits per heavy atom.